The maximum Gasteiger partial charge on any atom is 0.340 e. The van der Waals surface area contributed by atoms with Gasteiger partial charge in [0.25, 0.3) is 0 Å². The molecule has 0 aliphatic carbocycles. The lowest BCUT2D eigenvalue weighted by atomic mass is 10.2. The molecule has 0 saturated heterocycles. The summed E-state index contributed by atoms with van der Waals surface area (Å²) in [6.07, 6.45) is 0. The van der Waals surface area contributed by atoms with Gasteiger partial charge in [-0.05, 0) is 18.2 Å². The Bertz CT molecular complexity index is 328. The van der Waals surface area contributed by atoms with E-state index in [1.54, 1.807) is 18.2 Å². The summed E-state index contributed by atoms with van der Waals surface area (Å²) in [5.74, 6) is 4.80. The fourth-order valence-electron chi connectivity index (χ4n) is 0.921. The standard InChI is InChI=1S/C8H9BrN2O2/c1-13-8(12)6-4-5(9)2-3-7(6)11-10/h2-4,11H,10H2,1H3. The summed E-state index contributed by atoms with van der Waals surface area (Å²) in [5, 5.41) is 0. The Balaban J connectivity index is 3.15. The van der Waals surface area contributed by atoms with Gasteiger partial charge in [0.2, 0.25) is 0 Å². The molecule has 70 valence electrons. The molecule has 1 rings (SSSR count). The van der Waals surface area contributed by atoms with Gasteiger partial charge in [-0.25, -0.2) is 4.79 Å². The van der Waals surface area contributed by atoms with Gasteiger partial charge in [-0.15, -0.1) is 0 Å². The van der Waals surface area contributed by atoms with Gasteiger partial charge in [0, 0.05) is 4.47 Å². The molecule has 1 aromatic carbocycles. The Morgan fingerprint density at radius 1 is 1.62 bits per heavy atom. The average Bonchev–Trinajstić information content (AvgIpc) is 2.16. The average molecular weight is 245 g/mol. The van der Waals surface area contributed by atoms with Crippen LogP contribution in [-0.4, -0.2) is 13.1 Å². The molecule has 0 atom stereocenters. The number of carbonyl (C=O) groups is 1. The zero-order valence-electron chi connectivity index (χ0n) is 7.00. The first-order valence-electron chi connectivity index (χ1n) is 3.53. The fourth-order valence-corrected chi connectivity index (χ4v) is 1.28. The molecule has 0 heterocycles. The van der Waals surface area contributed by atoms with Crippen LogP contribution in [0.2, 0.25) is 0 Å². The van der Waals surface area contributed by atoms with Gasteiger partial charge in [-0.2, -0.15) is 0 Å². The van der Waals surface area contributed by atoms with Crippen LogP contribution in [0.5, 0.6) is 0 Å². The van der Waals surface area contributed by atoms with Crippen molar-refractivity contribution in [2.75, 3.05) is 12.5 Å². The van der Waals surface area contributed by atoms with E-state index in [1.807, 2.05) is 0 Å². The van der Waals surface area contributed by atoms with Gasteiger partial charge in [-0.3, -0.25) is 5.84 Å². The van der Waals surface area contributed by atoms with E-state index in [1.165, 1.54) is 7.11 Å². The van der Waals surface area contributed by atoms with E-state index in [0.717, 1.165) is 4.47 Å². The lowest BCUT2D eigenvalue weighted by Gasteiger charge is -2.06. The first-order chi connectivity index (χ1) is 6.19. The number of carbonyl (C=O) groups excluding carboxylic acids is 1. The quantitative estimate of drug-likeness (QED) is 0.471. The molecular weight excluding hydrogens is 236 g/mol. The molecule has 0 aliphatic rings. The number of esters is 1. The monoisotopic (exact) mass is 244 g/mol. The number of methoxy groups -OCH3 is 1. The molecule has 0 aliphatic heterocycles. The topological polar surface area (TPSA) is 64.3 Å². The summed E-state index contributed by atoms with van der Waals surface area (Å²) in [7, 11) is 1.32. The summed E-state index contributed by atoms with van der Waals surface area (Å²) in [6.45, 7) is 0. The Kier molecular flexibility index (Phi) is 3.27. The summed E-state index contributed by atoms with van der Waals surface area (Å²) in [6, 6.07) is 5.11. The largest absolute Gasteiger partial charge is 0.465 e. The lowest BCUT2D eigenvalue weighted by Crippen LogP contribution is -2.12. The summed E-state index contributed by atoms with van der Waals surface area (Å²) in [4.78, 5) is 11.2. The molecule has 0 bridgehead atoms. The van der Waals surface area contributed by atoms with Gasteiger partial charge < -0.3 is 10.2 Å². The third-order valence-electron chi connectivity index (χ3n) is 1.54. The first kappa shape index (κ1) is 10.0. The van der Waals surface area contributed by atoms with E-state index in [2.05, 4.69) is 26.1 Å². The molecule has 0 saturated carbocycles. The van der Waals surface area contributed by atoms with E-state index in [4.69, 9.17) is 5.84 Å². The highest BCUT2D eigenvalue weighted by Crippen LogP contribution is 2.20. The number of rotatable bonds is 2. The molecule has 3 N–H and O–H groups in total. The van der Waals surface area contributed by atoms with E-state index in [9.17, 15) is 4.79 Å². The molecule has 5 heteroatoms. The van der Waals surface area contributed by atoms with E-state index in [-0.39, 0.29) is 0 Å². The number of hydrogen-bond acceptors (Lipinski definition) is 4. The molecule has 1 aromatic rings. The van der Waals surface area contributed by atoms with Crippen LogP contribution in [0.25, 0.3) is 0 Å². The van der Waals surface area contributed by atoms with Crippen LogP contribution in [0.3, 0.4) is 0 Å². The van der Waals surface area contributed by atoms with E-state index >= 15 is 0 Å². The normalized spacial score (nSPS) is 9.46. The number of nitrogens with two attached hydrogens (primary N) is 1. The zero-order valence-corrected chi connectivity index (χ0v) is 8.59. The minimum atomic E-state index is -0.422. The molecule has 0 aromatic heterocycles. The van der Waals surface area contributed by atoms with Crippen LogP contribution in [0, 0.1) is 0 Å². The van der Waals surface area contributed by atoms with Crippen molar-refractivity contribution in [3.63, 3.8) is 0 Å². The minimum Gasteiger partial charge on any atom is -0.465 e. The second kappa shape index (κ2) is 4.25. The SMILES string of the molecule is COC(=O)c1cc(Br)ccc1NN. The van der Waals surface area contributed by atoms with Crippen LogP contribution in [0.1, 0.15) is 10.4 Å². The van der Waals surface area contributed by atoms with Crippen molar-refractivity contribution in [3.05, 3.63) is 28.2 Å². The Hall–Kier alpha value is -1.07. The fraction of sp³-hybridized carbons (Fsp3) is 0.125. The number of ether oxygens (including phenoxy) is 1. The van der Waals surface area contributed by atoms with Crippen molar-refractivity contribution in [1.29, 1.82) is 0 Å². The van der Waals surface area contributed by atoms with Gasteiger partial charge in [0.1, 0.15) is 0 Å². The zero-order chi connectivity index (χ0) is 9.84. The predicted molar refractivity (Wildman–Crippen MR) is 53.3 cm³/mol. The van der Waals surface area contributed by atoms with E-state index < -0.39 is 5.97 Å². The number of benzene rings is 1. The van der Waals surface area contributed by atoms with Crippen molar-refractivity contribution >= 4 is 27.6 Å². The number of anilines is 1. The summed E-state index contributed by atoms with van der Waals surface area (Å²) < 4.78 is 5.38. The lowest BCUT2D eigenvalue weighted by molar-refractivity contribution is 0.0601. The van der Waals surface area contributed by atoms with Crippen molar-refractivity contribution in [3.8, 4) is 0 Å². The maximum absolute atomic E-state index is 11.2. The van der Waals surface area contributed by atoms with Crippen molar-refractivity contribution in [1.82, 2.24) is 0 Å². The molecule has 0 unspecified atom stereocenters. The molecule has 4 nitrogen and oxygen atoms in total. The molecule has 0 radical (unpaired) electrons. The number of hydrazine groups is 1. The second-order valence-corrected chi connectivity index (χ2v) is 3.24. The number of nitrogen functional groups attached to an aromatic ring is 1. The van der Waals surface area contributed by atoms with Gasteiger partial charge >= 0.3 is 5.97 Å². The van der Waals surface area contributed by atoms with E-state index in [0.29, 0.717) is 11.3 Å². The number of hydrogen-bond donors (Lipinski definition) is 2. The van der Waals surface area contributed by atoms with Crippen molar-refractivity contribution in [2.45, 2.75) is 0 Å². The third kappa shape index (κ3) is 2.19. The van der Waals surface area contributed by atoms with Crippen LogP contribution < -0.4 is 11.3 Å². The summed E-state index contributed by atoms with van der Waals surface area (Å²) in [5.41, 5.74) is 3.36. The Morgan fingerprint density at radius 3 is 2.85 bits per heavy atom. The third-order valence-corrected chi connectivity index (χ3v) is 2.04. The Morgan fingerprint density at radius 2 is 2.31 bits per heavy atom. The minimum absolute atomic E-state index is 0.402. The van der Waals surface area contributed by atoms with Crippen LogP contribution >= 0.6 is 15.9 Å². The second-order valence-electron chi connectivity index (χ2n) is 2.33. The molecule has 0 amide bonds. The molecular formula is C8H9BrN2O2. The van der Waals surface area contributed by atoms with Crippen LogP contribution in [-0.2, 0) is 4.74 Å². The highest BCUT2D eigenvalue weighted by atomic mass is 79.9. The first-order valence-corrected chi connectivity index (χ1v) is 4.33. The van der Waals surface area contributed by atoms with Gasteiger partial charge in [0.05, 0.1) is 18.4 Å². The van der Waals surface area contributed by atoms with Crippen molar-refractivity contribution in [2.24, 2.45) is 5.84 Å². The highest BCUT2D eigenvalue weighted by Gasteiger charge is 2.10. The predicted octanol–water partition coefficient (Wildman–Crippen LogP) is 1.52. The Labute approximate surface area is 84.2 Å². The van der Waals surface area contributed by atoms with Crippen molar-refractivity contribution < 1.29 is 9.53 Å². The number of nitrogens with one attached hydrogen (secondary N) is 1. The van der Waals surface area contributed by atoms with Crippen LogP contribution in [0.4, 0.5) is 5.69 Å². The summed E-state index contributed by atoms with van der Waals surface area (Å²) >= 11 is 3.25. The highest BCUT2D eigenvalue weighted by molar-refractivity contribution is 9.10. The smallest absolute Gasteiger partial charge is 0.340 e. The molecule has 13 heavy (non-hydrogen) atoms. The molecule has 0 spiro atoms. The molecule has 0 fully saturated rings. The van der Waals surface area contributed by atoms with Gasteiger partial charge in [0.15, 0.2) is 0 Å². The van der Waals surface area contributed by atoms with Gasteiger partial charge in [-0.1, -0.05) is 15.9 Å². The maximum atomic E-state index is 11.2. The number of halogens is 1. The van der Waals surface area contributed by atoms with Crippen LogP contribution in [0.15, 0.2) is 22.7 Å².